The topological polar surface area (TPSA) is 26.3 Å². The van der Waals surface area contributed by atoms with E-state index in [2.05, 4.69) is 0 Å². The van der Waals surface area contributed by atoms with Crippen LogP contribution in [0.3, 0.4) is 0 Å². The van der Waals surface area contributed by atoms with Crippen LogP contribution in [-0.4, -0.2) is 0 Å². The molecule has 2 aromatic heterocycles. The highest BCUT2D eigenvalue weighted by atomic mass is 16.3. The monoisotopic (exact) mass is 519 g/mol. The van der Waals surface area contributed by atoms with Gasteiger partial charge in [0.15, 0.2) is 0 Å². The highest BCUT2D eigenvalue weighted by molar-refractivity contribution is 6.24. The Morgan fingerprint density at radius 3 is 1.75 bits per heavy atom. The molecule has 0 saturated heterocycles. The van der Waals surface area contributed by atoms with Gasteiger partial charge < -0.3 is 8.83 Å². The average molecular weight is 520 g/mol. The van der Waals surface area contributed by atoms with Gasteiger partial charge in [0.2, 0.25) is 0 Å². The lowest BCUT2D eigenvalue weighted by molar-refractivity contribution is 0.663. The van der Waals surface area contributed by atoms with Gasteiger partial charge in [-0.2, -0.15) is 0 Å². The molecule has 40 heavy (non-hydrogen) atoms. The Labute approximate surface area is 242 Å². The molecule has 186 valence electrons. The minimum Gasteiger partial charge on any atom is -0.456 e. The van der Waals surface area contributed by atoms with E-state index in [4.69, 9.17) is 17.1 Å². The molecule has 0 atom stereocenters. The Morgan fingerprint density at radius 1 is 0.425 bits per heavy atom. The van der Waals surface area contributed by atoms with E-state index >= 15 is 0 Å². The molecule has 0 aliphatic carbocycles. The van der Waals surface area contributed by atoms with Crippen LogP contribution in [0.25, 0.3) is 87.7 Å². The standard InChI is InChI=1S/C38H22O2/c1-2-10-23(11-3-1)35-25-12-4-6-14-27(25)36(28-15-7-5-13-26(28)35)24-18-20-33-31(22-24)29-19-21-34-37(38(29)40-33)30-16-8-9-17-32(30)39-34/h1-22H/i8D,9D,16D,17D,18D,19D,20D,21D,22D. The molecule has 9 rings (SSSR count). The van der Waals surface area contributed by atoms with Gasteiger partial charge in [-0.1, -0.05) is 103 Å². The maximum absolute atomic E-state index is 9.67. The van der Waals surface area contributed by atoms with Crippen LogP contribution in [-0.2, 0) is 0 Å². The van der Waals surface area contributed by atoms with Crippen molar-refractivity contribution in [1.29, 1.82) is 0 Å². The van der Waals surface area contributed by atoms with Crippen molar-refractivity contribution in [2.45, 2.75) is 0 Å². The van der Waals surface area contributed by atoms with Crippen LogP contribution >= 0.6 is 0 Å². The van der Waals surface area contributed by atoms with Crippen molar-refractivity contribution in [2.24, 2.45) is 0 Å². The Hall–Kier alpha value is -5.34. The van der Waals surface area contributed by atoms with Crippen LogP contribution in [0.2, 0.25) is 0 Å². The Kier molecular flexibility index (Phi) is 2.97. The highest BCUT2D eigenvalue weighted by Crippen LogP contribution is 2.45. The molecule has 2 heteroatoms. The number of para-hydroxylation sites is 1. The van der Waals surface area contributed by atoms with E-state index in [1.165, 1.54) is 0 Å². The van der Waals surface area contributed by atoms with Crippen molar-refractivity contribution >= 4 is 65.4 Å². The van der Waals surface area contributed by atoms with Crippen molar-refractivity contribution in [3.8, 4) is 22.3 Å². The van der Waals surface area contributed by atoms with E-state index in [1.54, 1.807) is 0 Å². The Bertz CT molecular complexity index is 2870. The van der Waals surface area contributed by atoms with Gasteiger partial charge in [-0.3, -0.25) is 0 Å². The third kappa shape index (κ3) is 2.93. The molecule has 0 N–H and O–H groups in total. The molecule has 0 bridgehead atoms. The molecular formula is C38H22O2. The van der Waals surface area contributed by atoms with Crippen molar-refractivity contribution in [3.63, 3.8) is 0 Å². The summed E-state index contributed by atoms with van der Waals surface area (Å²) in [5.41, 5.74) is 2.27. The van der Waals surface area contributed by atoms with Crippen molar-refractivity contribution in [3.05, 3.63) is 133 Å². The maximum Gasteiger partial charge on any atom is 0.147 e. The normalized spacial score (nSPS) is 15.2. The molecule has 0 amide bonds. The minimum absolute atomic E-state index is 0.0172. The van der Waals surface area contributed by atoms with E-state index in [0.29, 0.717) is 5.56 Å². The number of furan rings is 2. The van der Waals surface area contributed by atoms with Gasteiger partial charge in [0, 0.05) is 16.2 Å². The molecule has 0 aliphatic heterocycles. The van der Waals surface area contributed by atoms with E-state index in [9.17, 15) is 4.11 Å². The smallest absolute Gasteiger partial charge is 0.147 e. The lowest BCUT2D eigenvalue weighted by atomic mass is 9.86. The van der Waals surface area contributed by atoms with Crippen LogP contribution in [0.4, 0.5) is 0 Å². The van der Waals surface area contributed by atoms with Gasteiger partial charge in [0.1, 0.15) is 22.3 Å². The summed E-state index contributed by atoms with van der Waals surface area (Å²) in [4.78, 5) is 0. The molecule has 0 saturated carbocycles. The summed E-state index contributed by atoms with van der Waals surface area (Å²) in [7, 11) is 0. The zero-order valence-corrected chi connectivity index (χ0v) is 20.8. The molecular weight excluding hydrogens is 488 g/mol. The average Bonchev–Trinajstić information content (AvgIpc) is 3.72. The van der Waals surface area contributed by atoms with E-state index < -0.39 is 24.2 Å². The fourth-order valence-electron chi connectivity index (χ4n) is 5.89. The molecule has 0 radical (unpaired) electrons. The van der Waals surface area contributed by atoms with Crippen molar-refractivity contribution in [1.82, 2.24) is 0 Å². The zero-order chi connectivity index (χ0) is 34.0. The van der Waals surface area contributed by atoms with E-state index in [-0.39, 0.29) is 79.7 Å². The van der Waals surface area contributed by atoms with Gasteiger partial charge in [-0.25, -0.2) is 0 Å². The fourth-order valence-corrected chi connectivity index (χ4v) is 5.89. The van der Waals surface area contributed by atoms with Crippen LogP contribution < -0.4 is 0 Å². The first-order valence-corrected chi connectivity index (χ1v) is 12.9. The lowest BCUT2D eigenvalue weighted by Crippen LogP contribution is -1.90. The number of hydrogen-bond acceptors (Lipinski definition) is 2. The number of rotatable bonds is 2. The lowest BCUT2D eigenvalue weighted by Gasteiger charge is -2.17. The van der Waals surface area contributed by atoms with E-state index in [0.717, 1.165) is 32.7 Å². The summed E-state index contributed by atoms with van der Waals surface area (Å²) in [6.07, 6.45) is 0. The van der Waals surface area contributed by atoms with Gasteiger partial charge in [-0.05, 0) is 74.0 Å². The first-order valence-electron chi connectivity index (χ1n) is 17.4. The van der Waals surface area contributed by atoms with Gasteiger partial charge in [0.05, 0.1) is 17.7 Å². The van der Waals surface area contributed by atoms with Crippen molar-refractivity contribution in [2.75, 3.05) is 0 Å². The van der Waals surface area contributed by atoms with Gasteiger partial charge in [0.25, 0.3) is 0 Å². The predicted octanol–water partition coefficient (Wildman–Crippen LogP) is 11.1. The van der Waals surface area contributed by atoms with Crippen molar-refractivity contribution < 1.29 is 21.2 Å². The zero-order valence-electron chi connectivity index (χ0n) is 29.8. The number of benzene rings is 7. The van der Waals surface area contributed by atoms with Crippen LogP contribution in [0.15, 0.2) is 142 Å². The second kappa shape index (κ2) is 8.08. The highest BCUT2D eigenvalue weighted by Gasteiger charge is 2.19. The molecule has 0 unspecified atom stereocenters. The summed E-state index contributed by atoms with van der Waals surface area (Å²) >= 11 is 0. The summed E-state index contributed by atoms with van der Waals surface area (Å²) in [6.45, 7) is 0. The quantitative estimate of drug-likeness (QED) is 0.212. The first-order chi connectivity index (χ1) is 23.6. The predicted molar refractivity (Wildman–Crippen MR) is 167 cm³/mol. The largest absolute Gasteiger partial charge is 0.456 e. The summed E-state index contributed by atoms with van der Waals surface area (Å²) in [5.74, 6) is 0. The molecule has 0 fully saturated rings. The molecule has 0 aliphatic rings. The first kappa shape index (κ1) is 14.7. The molecule has 9 aromatic rings. The third-order valence-corrected chi connectivity index (χ3v) is 7.57. The van der Waals surface area contributed by atoms with Gasteiger partial charge in [-0.15, -0.1) is 0 Å². The molecule has 0 spiro atoms. The van der Waals surface area contributed by atoms with Crippen LogP contribution in [0.1, 0.15) is 12.3 Å². The maximum atomic E-state index is 9.67. The number of hydrogen-bond donors (Lipinski definition) is 0. The molecule has 7 aromatic carbocycles. The summed E-state index contributed by atoms with van der Waals surface area (Å²) in [5, 5.41) is 3.51. The molecule has 2 heterocycles. The summed E-state index contributed by atoms with van der Waals surface area (Å²) in [6, 6.07) is 22.3. The number of fused-ring (bicyclic) bond motifs is 9. The third-order valence-electron chi connectivity index (χ3n) is 7.57. The van der Waals surface area contributed by atoms with Crippen LogP contribution in [0, 0.1) is 0 Å². The summed E-state index contributed by atoms with van der Waals surface area (Å²) < 4.78 is 91.6. The Balaban J connectivity index is 1.49. The second-order valence-corrected chi connectivity index (χ2v) is 9.73. The van der Waals surface area contributed by atoms with Crippen LogP contribution in [0.5, 0.6) is 0 Å². The molecule has 2 nitrogen and oxygen atoms in total. The minimum atomic E-state index is -0.502. The van der Waals surface area contributed by atoms with E-state index in [1.807, 2.05) is 78.9 Å². The Morgan fingerprint density at radius 2 is 1.02 bits per heavy atom. The van der Waals surface area contributed by atoms with Gasteiger partial charge >= 0.3 is 0 Å². The second-order valence-electron chi connectivity index (χ2n) is 9.73. The SMILES string of the molecule is [2H]c1c(-c2c3ccccc3c(-c3ccccc3)c3ccccc23)c([2H])c2c(oc3c2c([2H])c([2H])c2oc4c([2H])c([2H])c([2H])c([2H])c4c23)c1[2H]. The fraction of sp³-hybridized carbons (Fsp3) is 0.